The van der Waals surface area contributed by atoms with Crippen LogP contribution >= 0.6 is 0 Å². The molecule has 3 N–H and O–H groups in total. The van der Waals surface area contributed by atoms with Gasteiger partial charge in [0.1, 0.15) is 18.8 Å². The summed E-state index contributed by atoms with van der Waals surface area (Å²) in [5.41, 5.74) is 0.297. The molecule has 0 aliphatic carbocycles. The Kier molecular flexibility index (Phi) is 3.95. The van der Waals surface area contributed by atoms with Gasteiger partial charge in [-0.2, -0.15) is 0 Å². The van der Waals surface area contributed by atoms with E-state index in [4.69, 9.17) is 9.47 Å². The Balaban J connectivity index is 1.56. The summed E-state index contributed by atoms with van der Waals surface area (Å²) < 4.78 is 10.9. The van der Waals surface area contributed by atoms with Crippen molar-refractivity contribution in [3.63, 3.8) is 0 Å². The number of carbonyl (C=O) groups is 3. The van der Waals surface area contributed by atoms with Crippen molar-refractivity contribution in [3.05, 3.63) is 53.6 Å². The Morgan fingerprint density at radius 2 is 1.85 bits per heavy atom. The van der Waals surface area contributed by atoms with Gasteiger partial charge >= 0.3 is 6.03 Å². The SMILES string of the molecule is C[C@]1(c2cccc(NC(=O)c3ccc4c(c3)OCCO4)c2)NC(=O)NC1=O. The van der Waals surface area contributed by atoms with Gasteiger partial charge in [-0.25, -0.2) is 4.79 Å². The van der Waals surface area contributed by atoms with Crippen molar-refractivity contribution < 1.29 is 23.9 Å². The molecule has 1 fully saturated rings. The minimum atomic E-state index is -1.19. The Labute approximate surface area is 154 Å². The van der Waals surface area contributed by atoms with Gasteiger partial charge in [0, 0.05) is 11.3 Å². The summed E-state index contributed by atoms with van der Waals surface area (Å²) >= 11 is 0. The summed E-state index contributed by atoms with van der Waals surface area (Å²) in [5.74, 6) is 0.369. The lowest BCUT2D eigenvalue weighted by molar-refractivity contribution is -0.123. The smallest absolute Gasteiger partial charge is 0.322 e. The van der Waals surface area contributed by atoms with Gasteiger partial charge < -0.3 is 20.1 Å². The van der Waals surface area contributed by atoms with E-state index in [-0.39, 0.29) is 5.91 Å². The van der Waals surface area contributed by atoms with Crippen LogP contribution < -0.4 is 25.4 Å². The molecule has 0 unspecified atom stereocenters. The van der Waals surface area contributed by atoms with E-state index in [1.807, 2.05) is 0 Å². The number of nitrogens with one attached hydrogen (secondary N) is 3. The molecule has 2 aliphatic rings. The van der Waals surface area contributed by atoms with Crippen LogP contribution in [0.4, 0.5) is 10.5 Å². The molecule has 0 radical (unpaired) electrons. The fraction of sp³-hybridized carbons (Fsp3) is 0.211. The Morgan fingerprint density at radius 3 is 2.59 bits per heavy atom. The van der Waals surface area contributed by atoms with Crippen molar-refractivity contribution in [2.75, 3.05) is 18.5 Å². The molecule has 27 heavy (non-hydrogen) atoms. The lowest BCUT2D eigenvalue weighted by Crippen LogP contribution is -2.40. The van der Waals surface area contributed by atoms with Gasteiger partial charge in [0.2, 0.25) is 0 Å². The second kappa shape index (κ2) is 6.31. The zero-order chi connectivity index (χ0) is 19.0. The molecule has 1 atom stereocenters. The zero-order valence-corrected chi connectivity index (χ0v) is 14.5. The maximum Gasteiger partial charge on any atom is 0.322 e. The second-order valence-electron chi connectivity index (χ2n) is 6.43. The molecule has 1 saturated heterocycles. The molecular weight excluding hydrogens is 350 g/mol. The molecule has 8 heteroatoms. The van der Waals surface area contributed by atoms with Crippen molar-refractivity contribution in [2.45, 2.75) is 12.5 Å². The minimum Gasteiger partial charge on any atom is -0.486 e. The maximum atomic E-state index is 12.6. The van der Waals surface area contributed by atoms with E-state index in [1.165, 1.54) is 0 Å². The lowest BCUT2D eigenvalue weighted by Gasteiger charge is -2.22. The van der Waals surface area contributed by atoms with Crippen LogP contribution in [0.2, 0.25) is 0 Å². The molecule has 0 bridgehead atoms. The topological polar surface area (TPSA) is 106 Å². The summed E-state index contributed by atoms with van der Waals surface area (Å²) in [6.45, 7) is 2.52. The number of hydrogen-bond donors (Lipinski definition) is 3. The largest absolute Gasteiger partial charge is 0.486 e. The quantitative estimate of drug-likeness (QED) is 0.717. The first-order chi connectivity index (χ1) is 13.0. The molecule has 2 aliphatic heterocycles. The molecule has 0 saturated carbocycles. The standard InChI is InChI=1S/C19H17N3O5/c1-19(17(24)21-18(25)22-19)12-3-2-4-13(10-12)20-16(23)11-5-6-14-15(9-11)27-8-7-26-14/h2-6,9-10H,7-8H2,1H3,(H,20,23)(H2,21,22,24,25)/t19-/m1/s1. The summed E-state index contributed by atoms with van der Waals surface area (Å²) in [6, 6.07) is 11.2. The summed E-state index contributed by atoms with van der Waals surface area (Å²) in [5, 5.41) is 7.61. The maximum absolute atomic E-state index is 12.6. The fourth-order valence-electron chi connectivity index (χ4n) is 3.04. The van der Waals surface area contributed by atoms with E-state index in [1.54, 1.807) is 49.4 Å². The third kappa shape index (κ3) is 3.05. The molecule has 8 nitrogen and oxygen atoms in total. The summed E-state index contributed by atoms with van der Waals surface area (Å²) in [4.78, 5) is 36.1. The highest BCUT2D eigenvalue weighted by Crippen LogP contribution is 2.31. The number of fused-ring (bicyclic) bond motifs is 1. The number of ether oxygens (including phenoxy) is 2. The Hall–Kier alpha value is -3.55. The molecule has 4 amide bonds. The average molecular weight is 367 g/mol. The number of hydrogen-bond acceptors (Lipinski definition) is 5. The first-order valence-corrected chi connectivity index (χ1v) is 8.41. The van der Waals surface area contributed by atoms with Gasteiger partial charge in [0.15, 0.2) is 11.5 Å². The van der Waals surface area contributed by atoms with Gasteiger partial charge in [0.25, 0.3) is 11.8 Å². The number of rotatable bonds is 3. The predicted molar refractivity (Wildman–Crippen MR) is 95.9 cm³/mol. The Bertz CT molecular complexity index is 958. The highest BCUT2D eigenvalue weighted by molar-refractivity contribution is 6.08. The molecule has 0 aromatic heterocycles. The number of imide groups is 1. The molecule has 2 aromatic carbocycles. The first-order valence-electron chi connectivity index (χ1n) is 8.41. The molecule has 4 rings (SSSR count). The van der Waals surface area contributed by atoms with Crippen molar-refractivity contribution >= 4 is 23.5 Å². The number of benzene rings is 2. The summed E-state index contributed by atoms with van der Waals surface area (Å²) in [7, 11) is 0. The van der Waals surface area contributed by atoms with Gasteiger partial charge in [0.05, 0.1) is 0 Å². The van der Waals surface area contributed by atoms with Crippen LogP contribution in [0.5, 0.6) is 11.5 Å². The van der Waals surface area contributed by atoms with Crippen molar-refractivity contribution in [2.24, 2.45) is 0 Å². The number of amides is 4. The normalized spacial score (nSPS) is 20.6. The second-order valence-corrected chi connectivity index (χ2v) is 6.43. The third-order valence-electron chi connectivity index (χ3n) is 4.55. The zero-order valence-electron chi connectivity index (χ0n) is 14.5. The van der Waals surface area contributed by atoms with Crippen LogP contribution in [0.15, 0.2) is 42.5 Å². The van der Waals surface area contributed by atoms with E-state index in [0.29, 0.717) is 41.5 Å². The first kappa shape index (κ1) is 16.9. The third-order valence-corrected chi connectivity index (χ3v) is 4.55. The Morgan fingerprint density at radius 1 is 1.07 bits per heavy atom. The van der Waals surface area contributed by atoms with Crippen LogP contribution in [0, 0.1) is 0 Å². The molecule has 138 valence electrons. The van der Waals surface area contributed by atoms with Gasteiger partial charge in [-0.05, 0) is 42.8 Å². The van der Waals surface area contributed by atoms with Gasteiger partial charge in [-0.15, -0.1) is 0 Å². The summed E-state index contributed by atoms with van der Waals surface area (Å²) in [6.07, 6.45) is 0. The predicted octanol–water partition coefficient (Wildman–Crippen LogP) is 1.76. The van der Waals surface area contributed by atoms with Crippen molar-refractivity contribution in [3.8, 4) is 11.5 Å². The van der Waals surface area contributed by atoms with Crippen LogP contribution in [0.3, 0.4) is 0 Å². The van der Waals surface area contributed by atoms with E-state index in [2.05, 4.69) is 16.0 Å². The molecule has 2 heterocycles. The van der Waals surface area contributed by atoms with E-state index < -0.39 is 17.5 Å². The molecule has 0 spiro atoms. The monoisotopic (exact) mass is 367 g/mol. The van der Waals surface area contributed by atoms with Crippen LogP contribution in [0.1, 0.15) is 22.8 Å². The van der Waals surface area contributed by atoms with E-state index in [0.717, 1.165) is 0 Å². The van der Waals surface area contributed by atoms with Crippen LogP contribution in [-0.4, -0.2) is 31.1 Å². The minimum absolute atomic E-state index is 0.325. The van der Waals surface area contributed by atoms with Crippen molar-refractivity contribution in [1.82, 2.24) is 10.6 Å². The number of urea groups is 1. The average Bonchev–Trinajstić information content (AvgIpc) is 2.94. The highest BCUT2D eigenvalue weighted by Gasteiger charge is 2.43. The fourth-order valence-corrected chi connectivity index (χ4v) is 3.04. The highest BCUT2D eigenvalue weighted by atomic mass is 16.6. The number of anilines is 1. The van der Waals surface area contributed by atoms with Crippen LogP contribution in [0.25, 0.3) is 0 Å². The van der Waals surface area contributed by atoms with Crippen molar-refractivity contribution in [1.29, 1.82) is 0 Å². The number of carbonyl (C=O) groups excluding carboxylic acids is 3. The molecular formula is C19H17N3O5. The lowest BCUT2D eigenvalue weighted by atomic mass is 9.92. The van der Waals surface area contributed by atoms with Gasteiger partial charge in [-0.3, -0.25) is 14.9 Å². The van der Waals surface area contributed by atoms with E-state index >= 15 is 0 Å². The van der Waals surface area contributed by atoms with Gasteiger partial charge in [-0.1, -0.05) is 12.1 Å². The van der Waals surface area contributed by atoms with E-state index in [9.17, 15) is 14.4 Å². The molecule has 2 aromatic rings. The van der Waals surface area contributed by atoms with Crippen LogP contribution in [-0.2, 0) is 10.3 Å².